The van der Waals surface area contributed by atoms with Crippen molar-refractivity contribution in [1.29, 1.82) is 0 Å². The number of benzene rings is 1. The molecule has 0 aromatic heterocycles. The molecule has 4 heteroatoms. The van der Waals surface area contributed by atoms with Crippen LogP contribution >= 0.6 is 0 Å². The Kier molecular flexibility index (Phi) is 4.54. The molecule has 0 heterocycles. The quantitative estimate of drug-likeness (QED) is 0.788. The van der Waals surface area contributed by atoms with Gasteiger partial charge in [-0.1, -0.05) is 18.2 Å². The fourth-order valence-corrected chi connectivity index (χ4v) is 1.38. The lowest BCUT2D eigenvalue weighted by Crippen LogP contribution is -2.00. The number of methoxy groups -OCH3 is 1. The summed E-state index contributed by atoms with van der Waals surface area (Å²) in [6, 6.07) is 5.16. The van der Waals surface area contributed by atoms with Gasteiger partial charge in [0.2, 0.25) is 0 Å². The fourth-order valence-electron chi connectivity index (χ4n) is 1.38. The average molecular weight is 222 g/mol. The molecule has 86 valence electrons. The summed E-state index contributed by atoms with van der Waals surface area (Å²) in [5, 5.41) is 17.4. The maximum Gasteiger partial charge on any atom is 0.307 e. The van der Waals surface area contributed by atoms with E-state index in [1.54, 1.807) is 37.5 Å². The minimum Gasteiger partial charge on any atom is -0.496 e. The summed E-state index contributed by atoms with van der Waals surface area (Å²) in [6.07, 6.45) is 3.25. The molecular weight excluding hydrogens is 208 g/mol. The van der Waals surface area contributed by atoms with Crippen molar-refractivity contribution >= 4 is 12.0 Å². The second-order valence-corrected chi connectivity index (χ2v) is 3.23. The number of carboxylic acid groups (broad SMARTS) is 1. The molecule has 0 amide bonds. The van der Waals surface area contributed by atoms with Crippen LogP contribution < -0.4 is 4.74 Å². The Balaban J connectivity index is 3.00. The molecule has 1 rings (SSSR count). The van der Waals surface area contributed by atoms with Gasteiger partial charge in [-0.2, -0.15) is 0 Å². The zero-order valence-electron chi connectivity index (χ0n) is 9.01. The summed E-state index contributed by atoms with van der Waals surface area (Å²) in [5.41, 5.74) is 1.46. The third kappa shape index (κ3) is 3.40. The first-order chi connectivity index (χ1) is 7.67. The van der Waals surface area contributed by atoms with Crippen LogP contribution in [0.1, 0.15) is 11.1 Å². The van der Waals surface area contributed by atoms with Crippen LogP contribution in [0.4, 0.5) is 0 Å². The minimum atomic E-state index is -0.873. The van der Waals surface area contributed by atoms with E-state index < -0.39 is 5.97 Å². The lowest BCUT2D eigenvalue weighted by molar-refractivity contribution is -0.136. The van der Waals surface area contributed by atoms with Gasteiger partial charge in [-0.3, -0.25) is 4.79 Å². The normalized spacial score (nSPS) is 10.6. The molecule has 0 aliphatic heterocycles. The number of ether oxygens (including phenoxy) is 1. The van der Waals surface area contributed by atoms with E-state index in [2.05, 4.69) is 0 Å². The first-order valence-corrected chi connectivity index (χ1v) is 4.83. The van der Waals surface area contributed by atoms with Crippen LogP contribution in [0.25, 0.3) is 6.08 Å². The molecule has 0 radical (unpaired) electrons. The molecule has 2 N–H and O–H groups in total. The molecule has 0 aliphatic rings. The number of hydrogen-bond donors (Lipinski definition) is 2. The van der Waals surface area contributed by atoms with Crippen LogP contribution in [-0.4, -0.2) is 29.9 Å². The molecule has 0 saturated carbocycles. The van der Waals surface area contributed by atoms with Gasteiger partial charge < -0.3 is 14.9 Å². The Labute approximate surface area is 93.8 Å². The monoisotopic (exact) mass is 222 g/mol. The summed E-state index contributed by atoms with van der Waals surface area (Å²) in [5.74, 6) is -0.221. The first-order valence-electron chi connectivity index (χ1n) is 4.83. The van der Waals surface area contributed by atoms with Gasteiger partial charge in [0.1, 0.15) is 5.75 Å². The number of carboxylic acids is 1. The maximum absolute atomic E-state index is 10.6. The van der Waals surface area contributed by atoms with Gasteiger partial charge in [-0.25, -0.2) is 0 Å². The zero-order valence-corrected chi connectivity index (χ0v) is 9.01. The molecule has 0 saturated heterocycles. The summed E-state index contributed by atoms with van der Waals surface area (Å²) < 4.78 is 5.12. The first kappa shape index (κ1) is 12.3. The molecule has 4 nitrogen and oxygen atoms in total. The molecule has 1 aromatic rings. The predicted molar refractivity (Wildman–Crippen MR) is 60.5 cm³/mol. The highest BCUT2D eigenvalue weighted by Gasteiger charge is 2.04. The van der Waals surface area contributed by atoms with E-state index in [4.69, 9.17) is 14.9 Å². The Morgan fingerprint density at radius 2 is 2.25 bits per heavy atom. The molecule has 0 atom stereocenters. The molecule has 16 heavy (non-hydrogen) atoms. The van der Waals surface area contributed by atoms with Crippen molar-refractivity contribution < 1.29 is 19.7 Å². The second-order valence-electron chi connectivity index (χ2n) is 3.23. The smallest absolute Gasteiger partial charge is 0.307 e. The summed E-state index contributed by atoms with van der Waals surface area (Å²) in [7, 11) is 1.54. The molecule has 0 aliphatic carbocycles. The van der Waals surface area contributed by atoms with E-state index in [0.29, 0.717) is 11.3 Å². The van der Waals surface area contributed by atoms with Crippen LogP contribution in [0.2, 0.25) is 0 Å². The van der Waals surface area contributed by atoms with E-state index in [-0.39, 0.29) is 13.0 Å². The van der Waals surface area contributed by atoms with Crippen molar-refractivity contribution in [2.24, 2.45) is 0 Å². The van der Waals surface area contributed by atoms with Crippen molar-refractivity contribution in [1.82, 2.24) is 0 Å². The van der Waals surface area contributed by atoms with E-state index >= 15 is 0 Å². The van der Waals surface area contributed by atoms with Crippen LogP contribution in [0.15, 0.2) is 24.3 Å². The van der Waals surface area contributed by atoms with Crippen LogP contribution in [-0.2, 0) is 11.2 Å². The lowest BCUT2D eigenvalue weighted by Gasteiger charge is -2.06. The molecule has 0 bridgehead atoms. The molecule has 0 spiro atoms. The highest BCUT2D eigenvalue weighted by atomic mass is 16.5. The van der Waals surface area contributed by atoms with Gasteiger partial charge in [-0.05, 0) is 17.7 Å². The number of aliphatic hydroxyl groups is 1. The van der Waals surface area contributed by atoms with Crippen LogP contribution in [0.5, 0.6) is 5.75 Å². The Hall–Kier alpha value is -1.81. The highest BCUT2D eigenvalue weighted by molar-refractivity contribution is 5.71. The van der Waals surface area contributed by atoms with Crippen molar-refractivity contribution in [2.75, 3.05) is 13.7 Å². The number of rotatable bonds is 5. The third-order valence-electron chi connectivity index (χ3n) is 2.05. The van der Waals surface area contributed by atoms with Crippen molar-refractivity contribution in [3.05, 3.63) is 35.4 Å². The van der Waals surface area contributed by atoms with Crippen molar-refractivity contribution in [2.45, 2.75) is 6.42 Å². The summed E-state index contributed by atoms with van der Waals surface area (Å²) in [4.78, 5) is 10.6. The third-order valence-corrected chi connectivity index (χ3v) is 2.05. The van der Waals surface area contributed by atoms with Crippen molar-refractivity contribution in [3.63, 3.8) is 0 Å². The standard InChI is InChI=1S/C12H14O4/c1-16-11-5-4-9(8-12(14)15)7-10(11)3-2-6-13/h2-5,7,13H,6,8H2,1H3,(H,14,15). The van der Waals surface area contributed by atoms with Gasteiger partial charge in [0.25, 0.3) is 0 Å². The largest absolute Gasteiger partial charge is 0.496 e. The van der Waals surface area contributed by atoms with E-state index in [1.807, 2.05) is 0 Å². The Morgan fingerprint density at radius 1 is 1.50 bits per heavy atom. The van der Waals surface area contributed by atoms with Crippen LogP contribution in [0.3, 0.4) is 0 Å². The zero-order chi connectivity index (χ0) is 12.0. The summed E-state index contributed by atoms with van der Waals surface area (Å²) >= 11 is 0. The minimum absolute atomic E-state index is 0.0238. The van der Waals surface area contributed by atoms with Gasteiger partial charge in [-0.15, -0.1) is 0 Å². The molecular formula is C12H14O4. The fraction of sp³-hybridized carbons (Fsp3) is 0.250. The van der Waals surface area contributed by atoms with Gasteiger partial charge in [0.05, 0.1) is 20.1 Å². The Morgan fingerprint density at radius 3 is 2.81 bits per heavy atom. The number of hydrogen-bond acceptors (Lipinski definition) is 3. The summed E-state index contributed by atoms with van der Waals surface area (Å²) in [6.45, 7) is -0.0632. The number of carbonyl (C=O) groups is 1. The predicted octanol–water partition coefficient (Wildman–Crippen LogP) is 1.33. The average Bonchev–Trinajstić information content (AvgIpc) is 2.25. The van der Waals surface area contributed by atoms with E-state index in [1.165, 1.54) is 0 Å². The van der Waals surface area contributed by atoms with Gasteiger partial charge in [0, 0.05) is 5.56 Å². The second kappa shape index (κ2) is 5.92. The molecule has 0 unspecified atom stereocenters. The van der Waals surface area contributed by atoms with Gasteiger partial charge in [0.15, 0.2) is 0 Å². The topological polar surface area (TPSA) is 66.8 Å². The van der Waals surface area contributed by atoms with E-state index in [9.17, 15) is 4.79 Å². The number of aliphatic hydroxyl groups excluding tert-OH is 1. The SMILES string of the molecule is COc1ccc(CC(=O)O)cc1C=CCO. The van der Waals surface area contributed by atoms with Crippen molar-refractivity contribution in [3.8, 4) is 5.75 Å². The highest BCUT2D eigenvalue weighted by Crippen LogP contribution is 2.21. The van der Waals surface area contributed by atoms with E-state index in [0.717, 1.165) is 5.56 Å². The van der Waals surface area contributed by atoms with Crippen LogP contribution in [0, 0.1) is 0 Å². The maximum atomic E-state index is 10.6. The number of aliphatic carboxylic acids is 1. The molecule has 1 aromatic carbocycles. The Bertz CT molecular complexity index is 396. The lowest BCUT2D eigenvalue weighted by atomic mass is 10.1. The van der Waals surface area contributed by atoms with Gasteiger partial charge >= 0.3 is 5.97 Å². The molecule has 0 fully saturated rings.